The highest BCUT2D eigenvalue weighted by Crippen LogP contribution is 2.05. The van der Waals surface area contributed by atoms with Crippen molar-refractivity contribution in [2.75, 3.05) is 25.1 Å². The number of rotatable bonds is 15. The first-order chi connectivity index (χ1) is 13.6. The number of carbonyl (C=O) groups is 4. The van der Waals surface area contributed by atoms with Crippen molar-refractivity contribution in [2.24, 2.45) is 17.4 Å². The molecule has 0 heterocycles. The fourth-order valence-electron chi connectivity index (χ4n) is 2.46. The number of nitrogens with two attached hydrogens (primary N) is 2. The number of hydrogen-bond acceptors (Lipinski definition) is 7. The van der Waals surface area contributed by atoms with Crippen LogP contribution in [0.25, 0.3) is 0 Å². The molecule has 3 amide bonds. The van der Waals surface area contributed by atoms with Crippen LogP contribution in [0.15, 0.2) is 0 Å². The third kappa shape index (κ3) is 11.7. The van der Waals surface area contributed by atoms with Gasteiger partial charge in [0.05, 0.1) is 12.6 Å². The van der Waals surface area contributed by atoms with Gasteiger partial charge in [-0.05, 0) is 43.7 Å². The summed E-state index contributed by atoms with van der Waals surface area (Å²) in [6.45, 7) is 3.57. The molecule has 0 rings (SSSR count). The minimum absolute atomic E-state index is 0.312. The Morgan fingerprint density at radius 2 is 1.69 bits per heavy atom. The molecule has 0 fully saturated rings. The third-order valence-electron chi connectivity index (χ3n) is 4.22. The SMILES string of the molecule is CSCCC(NC(=O)CNC(=O)C(N)CCCCN)C(=O)NC(C(=O)O)C(C)C. The van der Waals surface area contributed by atoms with Gasteiger partial charge < -0.3 is 32.5 Å². The van der Waals surface area contributed by atoms with E-state index in [1.165, 1.54) is 11.8 Å². The molecule has 0 saturated carbocycles. The number of carboxylic acid groups (broad SMARTS) is 1. The van der Waals surface area contributed by atoms with E-state index in [0.717, 1.165) is 12.8 Å². The van der Waals surface area contributed by atoms with E-state index in [9.17, 15) is 24.3 Å². The minimum atomic E-state index is -1.14. The summed E-state index contributed by atoms with van der Waals surface area (Å²) in [7, 11) is 0. The maximum absolute atomic E-state index is 12.5. The minimum Gasteiger partial charge on any atom is -0.480 e. The molecule has 0 aromatic rings. The van der Waals surface area contributed by atoms with Gasteiger partial charge >= 0.3 is 5.97 Å². The number of carbonyl (C=O) groups excluding carboxylic acids is 3. The molecule has 0 saturated heterocycles. The molecule has 0 radical (unpaired) electrons. The van der Waals surface area contributed by atoms with Crippen LogP contribution in [0, 0.1) is 5.92 Å². The Hall–Kier alpha value is -1.85. The van der Waals surface area contributed by atoms with Crippen LogP contribution < -0.4 is 27.4 Å². The summed E-state index contributed by atoms with van der Waals surface area (Å²) in [4.78, 5) is 47.9. The summed E-state index contributed by atoms with van der Waals surface area (Å²) in [5.41, 5.74) is 11.2. The molecule has 0 aliphatic rings. The highest BCUT2D eigenvalue weighted by molar-refractivity contribution is 7.98. The monoisotopic (exact) mass is 433 g/mol. The third-order valence-corrected chi connectivity index (χ3v) is 4.87. The molecule has 3 unspecified atom stereocenters. The van der Waals surface area contributed by atoms with E-state index in [0.29, 0.717) is 25.1 Å². The summed E-state index contributed by atoms with van der Waals surface area (Å²) >= 11 is 1.49. The first kappa shape index (κ1) is 27.1. The van der Waals surface area contributed by atoms with Gasteiger partial charge in [-0.15, -0.1) is 0 Å². The predicted molar refractivity (Wildman–Crippen MR) is 113 cm³/mol. The molecule has 10 nitrogen and oxygen atoms in total. The number of nitrogens with one attached hydrogen (secondary N) is 3. The van der Waals surface area contributed by atoms with Gasteiger partial charge in [-0.1, -0.05) is 20.3 Å². The fraction of sp³-hybridized carbons (Fsp3) is 0.778. The summed E-state index contributed by atoms with van der Waals surface area (Å²) in [6.07, 6.45) is 4.14. The van der Waals surface area contributed by atoms with Crippen molar-refractivity contribution < 1.29 is 24.3 Å². The van der Waals surface area contributed by atoms with E-state index in [2.05, 4.69) is 16.0 Å². The van der Waals surface area contributed by atoms with Gasteiger partial charge in [-0.2, -0.15) is 11.8 Å². The molecule has 168 valence electrons. The second-order valence-electron chi connectivity index (χ2n) is 7.08. The van der Waals surface area contributed by atoms with Gasteiger partial charge in [-0.3, -0.25) is 14.4 Å². The van der Waals surface area contributed by atoms with Gasteiger partial charge in [-0.25, -0.2) is 4.79 Å². The van der Waals surface area contributed by atoms with Crippen molar-refractivity contribution in [1.82, 2.24) is 16.0 Å². The van der Waals surface area contributed by atoms with Crippen LogP contribution in [0.4, 0.5) is 0 Å². The number of thioether (sulfide) groups is 1. The lowest BCUT2D eigenvalue weighted by Gasteiger charge is -2.23. The van der Waals surface area contributed by atoms with Gasteiger partial charge in [0.15, 0.2) is 0 Å². The quantitative estimate of drug-likeness (QED) is 0.179. The summed E-state index contributed by atoms with van der Waals surface area (Å²) in [5.74, 6) is -2.43. The average Bonchev–Trinajstić information content (AvgIpc) is 2.66. The van der Waals surface area contributed by atoms with Crippen LogP contribution in [-0.4, -0.2) is 72.0 Å². The number of carboxylic acids is 1. The summed E-state index contributed by atoms with van der Waals surface area (Å²) in [6, 6.07) is -2.68. The second kappa shape index (κ2) is 15.1. The Morgan fingerprint density at radius 1 is 1.03 bits per heavy atom. The highest BCUT2D eigenvalue weighted by atomic mass is 32.2. The molecule has 11 heteroatoms. The molecule has 8 N–H and O–H groups in total. The van der Waals surface area contributed by atoms with Crippen molar-refractivity contribution in [2.45, 2.75) is 57.7 Å². The molecule has 29 heavy (non-hydrogen) atoms. The number of aliphatic carboxylic acids is 1. The van der Waals surface area contributed by atoms with Gasteiger partial charge in [0.2, 0.25) is 17.7 Å². The maximum Gasteiger partial charge on any atom is 0.326 e. The van der Waals surface area contributed by atoms with Crippen LogP contribution in [0.5, 0.6) is 0 Å². The van der Waals surface area contributed by atoms with E-state index < -0.39 is 41.8 Å². The lowest BCUT2D eigenvalue weighted by Crippen LogP contribution is -2.54. The van der Waals surface area contributed by atoms with E-state index in [1.807, 2.05) is 6.26 Å². The van der Waals surface area contributed by atoms with Gasteiger partial charge in [0.25, 0.3) is 0 Å². The standard InChI is InChI=1S/C18H35N5O5S/c1-11(2)15(18(27)28)23-17(26)13(7-9-29-3)22-14(24)10-21-16(25)12(20)6-4-5-8-19/h11-13,15H,4-10,19-20H2,1-3H3,(H,21,25)(H,22,24)(H,23,26)(H,27,28). The Labute approximate surface area is 176 Å². The van der Waals surface area contributed by atoms with Gasteiger partial charge in [0, 0.05) is 0 Å². The van der Waals surface area contributed by atoms with Crippen LogP contribution in [0.3, 0.4) is 0 Å². The number of amides is 3. The largest absolute Gasteiger partial charge is 0.480 e. The van der Waals surface area contributed by atoms with E-state index in [-0.39, 0.29) is 12.5 Å². The zero-order valence-corrected chi connectivity index (χ0v) is 18.2. The summed E-state index contributed by atoms with van der Waals surface area (Å²) in [5, 5.41) is 16.7. The molecule has 0 aliphatic carbocycles. The predicted octanol–water partition coefficient (Wildman–Crippen LogP) is -0.978. The highest BCUT2D eigenvalue weighted by Gasteiger charge is 2.28. The lowest BCUT2D eigenvalue weighted by atomic mass is 10.0. The first-order valence-corrected chi connectivity index (χ1v) is 11.1. The molecular weight excluding hydrogens is 398 g/mol. The summed E-state index contributed by atoms with van der Waals surface area (Å²) < 4.78 is 0. The van der Waals surface area contributed by atoms with Crippen molar-refractivity contribution in [3.63, 3.8) is 0 Å². The molecule has 0 aromatic carbocycles. The Bertz CT molecular complexity index is 547. The Balaban J connectivity index is 4.72. The second-order valence-corrected chi connectivity index (χ2v) is 8.06. The van der Waals surface area contributed by atoms with Crippen molar-refractivity contribution in [3.05, 3.63) is 0 Å². The van der Waals surface area contributed by atoms with Crippen LogP contribution in [-0.2, 0) is 19.2 Å². The smallest absolute Gasteiger partial charge is 0.326 e. The van der Waals surface area contributed by atoms with Crippen LogP contribution in [0.1, 0.15) is 39.5 Å². The Kier molecular flexibility index (Phi) is 14.1. The maximum atomic E-state index is 12.5. The van der Waals surface area contributed by atoms with Crippen molar-refractivity contribution >= 4 is 35.5 Å². The molecule has 3 atom stereocenters. The zero-order valence-electron chi connectivity index (χ0n) is 17.4. The zero-order chi connectivity index (χ0) is 22.4. The normalized spacial score (nSPS) is 14.0. The Morgan fingerprint density at radius 3 is 2.21 bits per heavy atom. The molecule has 0 bridgehead atoms. The average molecular weight is 434 g/mol. The topological polar surface area (TPSA) is 177 Å². The van der Waals surface area contributed by atoms with E-state index in [4.69, 9.17) is 11.5 Å². The fourth-order valence-corrected chi connectivity index (χ4v) is 2.93. The van der Waals surface area contributed by atoms with E-state index >= 15 is 0 Å². The molecule has 0 aliphatic heterocycles. The molecule has 0 spiro atoms. The molecular formula is C18H35N5O5S. The van der Waals surface area contributed by atoms with E-state index in [1.54, 1.807) is 13.8 Å². The van der Waals surface area contributed by atoms with Crippen LogP contribution in [0.2, 0.25) is 0 Å². The van der Waals surface area contributed by atoms with Crippen molar-refractivity contribution in [3.8, 4) is 0 Å². The van der Waals surface area contributed by atoms with Gasteiger partial charge in [0.1, 0.15) is 12.1 Å². The lowest BCUT2D eigenvalue weighted by molar-refractivity contribution is -0.143. The first-order valence-electron chi connectivity index (χ1n) is 9.68. The van der Waals surface area contributed by atoms with Crippen molar-refractivity contribution in [1.29, 1.82) is 0 Å². The number of unbranched alkanes of at least 4 members (excludes halogenated alkanes) is 1. The number of hydrogen-bond donors (Lipinski definition) is 6. The van der Waals surface area contributed by atoms with Crippen LogP contribution >= 0.6 is 11.8 Å². The molecule has 0 aromatic heterocycles.